The quantitative estimate of drug-likeness (QED) is 0.454. The number of hydrogen-bond donors (Lipinski definition) is 2. The second-order valence-corrected chi connectivity index (χ2v) is 6.21. The maximum Gasteiger partial charge on any atom is 0.257 e. The highest BCUT2D eigenvalue weighted by Gasteiger charge is 2.34. The molecule has 0 heterocycles. The van der Waals surface area contributed by atoms with Crippen LogP contribution >= 0.6 is 7.37 Å². The average Bonchev–Trinajstić information content (AvgIpc) is 2.35. The third-order valence-electron chi connectivity index (χ3n) is 2.14. The molecular formula is C10H24NO5P. The zero-order chi connectivity index (χ0) is 13.3. The van der Waals surface area contributed by atoms with Crippen LogP contribution in [0.15, 0.2) is 0 Å². The highest BCUT2D eigenvalue weighted by molar-refractivity contribution is 7.59. The van der Waals surface area contributed by atoms with Gasteiger partial charge in [-0.3, -0.25) is 4.57 Å². The molecule has 3 N–H and O–H groups in total. The minimum atomic E-state index is -3.07. The Morgan fingerprint density at radius 3 is 2.12 bits per heavy atom. The molecule has 0 aliphatic carbocycles. The lowest BCUT2D eigenvalue weighted by molar-refractivity contribution is -0.0899. The Bertz CT molecular complexity index is 233. The van der Waals surface area contributed by atoms with Crippen molar-refractivity contribution in [2.24, 2.45) is 5.73 Å². The van der Waals surface area contributed by atoms with E-state index in [2.05, 4.69) is 0 Å². The topological polar surface area (TPSA) is 91.0 Å². The molecule has 0 rings (SSSR count). The van der Waals surface area contributed by atoms with Crippen molar-refractivity contribution in [2.45, 2.75) is 32.9 Å². The Morgan fingerprint density at radius 2 is 1.76 bits per heavy atom. The minimum absolute atomic E-state index is 0.0671. The minimum Gasteiger partial charge on any atom is -0.389 e. The van der Waals surface area contributed by atoms with Crippen LogP contribution in [0.3, 0.4) is 0 Å². The first-order valence-electron chi connectivity index (χ1n) is 5.88. The lowest BCUT2D eigenvalue weighted by Gasteiger charge is -2.26. The number of nitrogens with two attached hydrogens (primary N) is 1. The summed E-state index contributed by atoms with van der Waals surface area (Å²) >= 11 is 0. The molecule has 0 aromatic heterocycles. The zero-order valence-electron chi connectivity index (χ0n) is 10.8. The molecule has 0 spiro atoms. The maximum atomic E-state index is 12.5. The SMILES string of the molecule is CCOC(OCC)P(=O)(CC)OCC(O)CN. The summed E-state index contributed by atoms with van der Waals surface area (Å²) in [6.07, 6.45) is -0.534. The third kappa shape index (κ3) is 5.95. The number of aliphatic hydroxyl groups excluding tert-OH is 1. The van der Waals surface area contributed by atoms with Crippen molar-refractivity contribution >= 4 is 7.37 Å². The van der Waals surface area contributed by atoms with Gasteiger partial charge in [-0.1, -0.05) is 6.92 Å². The van der Waals surface area contributed by atoms with Gasteiger partial charge in [-0.05, 0) is 13.8 Å². The first-order valence-corrected chi connectivity index (χ1v) is 7.76. The second-order valence-electron chi connectivity index (χ2n) is 3.45. The maximum absolute atomic E-state index is 12.5. The molecule has 0 aliphatic rings. The van der Waals surface area contributed by atoms with E-state index < -0.39 is 19.5 Å². The van der Waals surface area contributed by atoms with Crippen molar-refractivity contribution in [1.29, 1.82) is 0 Å². The van der Waals surface area contributed by atoms with Crippen LogP contribution in [0.1, 0.15) is 20.8 Å². The largest absolute Gasteiger partial charge is 0.389 e. The lowest BCUT2D eigenvalue weighted by Crippen LogP contribution is -2.27. The molecule has 17 heavy (non-hydrogen) atoms. The first-order chi connectivity index (χ1) is 8.03. The summed E-state index contributed by atoms with van der Waals surface area (Å²) in [5.41, 5.74) is 5.25. The van der Waals surface area contributed by atoms with Gasteiger partial charge in [0.05, 0.1) is 12.7 Å². The van der Waals surface area contributed by atoms with Crippen LogP contribution in [0.5, 0.6) is 0 Å². The molecule has 2 unspecified atom stereocenters. The summed E-state index contributed by atoms with van der Waals surface area (Å²) in [4.78, 5) is 0. The van der Waals surface area contributed by atoms with Crippen molar-refractivity contribution in [2.75, 3.05) is 32.5 Å². The van der Waals surface area contributed by atoms with E-state index in [0.29, 0.717) is 13.2 Å². The predicted octanol–water partition coefficient (Wildman–Crippen LogP) is 0.977. The highest BCUT2D eigenvalue weighted by atomic mass is 31.2. The molecule has 0 saturated heterocycles. The predicted molar refractivity (Wildman–Crippen MR) is 66.2 cm³/mol. The number of rotatable bonds is 10. The molecule has 6 nitrogen and oxygen atoms in total. The fourth-order valence-electron chi connectivity index (χ4n) is 1.14. The monoisotopic (exact) mass is 269 g/mol. The normalized spacial score (nSPS) is 17.1. The lowest BCUT2D eigenvalue weighted by atomic mass is 10.4. The number of aliphatic hydroxyl groups is 1. The Morgan fingerprint density at radius 1 is 1.24 bits per heavy atom. The van der Waals surface area contributed by atoms with Gasteiger partial charge in [-0.25, -0.2) is 0 Å². The van der Waals surface area contributed by atoms with E-state index in [9.17, 15) is 9.67 Å². The summed E-state index contributed by atoms with van der Waals surface area (Å²) in [5.74, 6) is 0. The van der Waals surface area contributed by atoms with Crippen molar-refractivity contribution in [1.82, 2.24) is 0 Å². The Balaban J connectivity index is 4.53. The molecule has 104 valence electrons. The molecule has 0 aromatic rings. The molecule has 2 atom stereocenters. The van der Waals surface area contributed by atoms with Gasteiger partial charge in [0, 0.05) is 25.9 Å². The molecular weight excluding hydrogens is 245 g/mol. The van der Waals surface area contributed by atoms with Crippen LogP contribution in [0.4, 0.5) is 0 Å². The molecule has 0 bridgehead atoms. The van der Waals surface area contributed by atoms with E-state index in [1.54, 1.807) is 20.8 Å². The standard InChI is InChI=1S/C10H24NO5P/c1-4-14-10(15-5-2)17(13,6-3)16-8-9(12)7-11/h9-10,12H,4-8,11H2,1-3H3. The van der Waals surface area contributed by atoms with Gasteiger partial charge in [0.2, 0.25) is 6.03 Å². The van der Waals surface area contributed by atoms with Gasteiger partial charge in [0.15, 0.2) is 0 Å². The van der Waals surface area contributed by atoms with Crippen LogP contribution < -0.4 is 5.73 Å². The van der Waals surface area contributed by atoms with Crippen LogP contribution in [-0.2, 0) is 18.6 Å². The Labute approximate surface area is 103 Å². The van der Waals surface area contributed by atoms with Crippen LogP contribution in [0.25, 0.3) is 0 Å². The van der Waals surface area contributed by atoms with Gasteiger partial charge in [-0.2, -0.15) is 0 Å². The molecule has 7 heteroatoms. The molecule has 0 aromatic carbocycles. The van der Waals surface area contributed by atoms with Gasteiger partial charge >= 0.3 is 0 Å². The van der Waals surface area contributed by atoms with Gasteiger partial charge < -0.3 is 24.8 Å². The van der Waals surface area contributed by atoms with Crippen molar-refractivity contribution in [3.05, 3.63) is 0 Å². The van der Waals surface area contributed by atoms with Gasteiger partial charge in [0.1, 0.15) is 0 Å². The second kappa shape index (κ2) is 9.03. The zero-order valence-corrected chi connectivity index (χ0v) is 11.7. The third-order valence-corrected chi connectivity index (χ3v) is 4.55. The summed E-state index contributed by atoms with van der Waals surface area (Å²) in [5, 5.41) is 9.31. The van der Waals surface area contributed by atoms with E-state index in [4.69, 9.17) is 19.7 Å². The van der Waals surface area contributed by atoms with Crippen molar-refractivity contribution in [3.8, 4) is 0 Å². The molecule has 0 radical (unpaired) electrons. The van der Waals surface area contributed by atoms with Crippen LogP contribution in [0.2, 0.25) is 0 Å². The Hall–Kier alpha value is 0.0300. The van der Waals surface area contributed by atoms with Crippen molar-refractivity contribution < 1.29 is 23.7 Å². The Kier molecular flexibility index (Phi) is 9.04. The highest BCUT2D eigenvalue weighted by Crippen LogP contribution is 2.52. The summed E-state index contributed by atoms with van der Waals surface area (Å²) in [6.45, 7) is 6.09. The summed E-state index contributed by atoms with van der Waals surface area (Å²) in [6, 6.07) is -0.868. The van der Waals surface area contributed by atoms with Gasteiger partial charge in [0.25, 0.3) is 7.37 Å². The molecule has 0 saturated carbocycles. The van der Waals surface area contributed by atoms with E-state index >= 15 is 0 Å². The van der Waals surface area contributed by atoms with Crippen molar-refractivity contribution in [3.63, 3.8) is 0 Å². The molecule has 0 fully saturated rings. The molecule has 0 amide bonds. The number of ether oxygens (including phenoxy) is 2. The van der Waals surface area contributed by atoms with Gasteiger partial charge in [-0.15, -0.1) is 0 Å². The smallest absolute Gasteiger partial charge is 0.257 e. The fraction of sp³-hybridized carbons (Fsp3) is 1.00. The average molecular weight is 269 g/mol. The summed E-state index contributed by atoms with van der Waals surface area (Å²) < 4.78 is 28.3. The number of hydrogen-bond acceptors (Lipinski definition) is 6. The van der Waals surface area contributed by atoms with E-state index in [-0.39, 0.29) is 19.3 Å². The van der Waals surface area contributed by atoms with Crippen LogP contribution in [-0.4, -0.2) is 49.8 Å². The van der Waals surface area contributed by atoms with Crippen LogP contribution in [0, 0.1) is 0 Å². The van der Waals surface area contributed by atoms with E-state index in [1.807, 2.05) is 0 Å². The van der Waals surface area contributed by atoms with E-state index in [0.717, 1.165) is 0 Å². The fourth-order valence-corrected chi connectivity index (χ4v) is 2.92. The van der Waals surface area contributed by atoms with E-state index in [1.165, 1.54) is 0 Å². The summed E-state index contributed by atoms with van der Waals surface area (Å²) in [7, 11) is -3.07. The first kappa shape index (κ1) is 17.0. The molecule has 0 aliphatic heterocycles.